The summed E-state index contributed by atoms with van der Waals surface area (Å²) in [6.07, 6.45) is 4.10. The number of nitrogens with zero attached hydrogens (tertiary/aromatic N) is 3. The lowest BCUT2D eigenvalue weighted by Crippen LogP contribution is -2.21. The predicted molar refractivity (Wildman–Crippen MR) is 166 cm³/mol. The van der Waals surface area contributed by atoms with Gasteiger partial charge in [0.2, 0.25) is 6.61 Å². The Labute approximate surface area is 250 Å². The van der Waals surface area contributed by atoms with Gasteiger partial charge in [-0.05, 0) is 54.4 Å². The van der Waals surface area contributed by atoms with Crippen LogP contribution in [0.25, 0.3) is 10.9 Å². The number of hydrogen-bond acceptors (Lipinski definition) is 6. The monoisotopic (exact) mass is 593 g/mol. The zero-order valence-corrected chi connectivity index (χ0v) is 25.6. The molecule has 2 heterocycles. The smallest absolute Gasteiger partial charge is 0.344 e. The molecule has 2 aromatic carbocycles. The van der Waals surface area contributed by atoms with Crippen LogP contribution < -0.4 is 4.74 Å². The second-order valence-electron chi connectivity index (χ2n) is 11.6. The van der Waals surface area contributed by atoms with Gasteiger partial charge >= 0.3 is 5.97 Å². The number of ether oxygens (including phenoxy) is 1. The summed E-state index contributed by atoms with van der Waals surface area (Å²) < 4.78 is 8.47. The quantitative estimate of drug-likeness (QED) is 0.102. The first-order valence-electron chi connectivity index (χ1n) is 13.4. The summed E-state index contributed by atoms with van der Waals surface area (Å²) in [6.45, 7) is 11.3. The molecule has 41 heavy (non-hydrogen) atoms. The number of oxime groups is 1. The molecule has 0 saturated heterocycles. The molecule has 2 aromatic heterocycles. The molecule has 7 nitrogen and oxygen atoms in total. The third-order valence-electron chi connectivity index (χ3n) is 6.15. The molecule has 0 amide bonds. The minimum atomic E-state index is -1.06. The number of halogens is 1. The Morgan fingerprint density at radius 1 is 1.10 bits per heavy atom. The summed E-state index contributed by atoms with van der Waals surface area (Å²) in [5.74, 6) is -0.287. The van der Waals surface area contributed by atoms with Crippen molar-refractivity contribution in [3.8, 4) is 5.75 Å². The Hall–Kier alpha value is -3.49. The fraction of sp³-hybridized carbons (Fsp3) is 0.344. The fourth-order valence-electron chi connectivity index (χ4n) is 4.38. The number of carbonyl (C=O) groups is 1. The van der Waals surface area contributed by atoms with Crippen LogP contribution >= 0.6 is 23.4 Å². The van der Waals surface area contributed by atoms with Crippen LogP contribution in [0.2, 0.25) is 5.02 Å². The van der Waals surface area contributed by atoms with Crippen molar-refractivity contribution in [2.24, 2.45) is 10.6 Å². The van der Waals surface area contributed by atoms with E-state index in [1.807, 2.05) is 60.3 Å². The molecule has 4 rings (SSSR count). The normalized spacial score (nSPS) is 12.2. The standard InChI is InChI=1S/C32H36ClN3O4S/c1-31(2,3)41-30-26-16-25(39-19-24-8-6-7-15-34-24)13-14-27(26)36(18-22-9-11-23(33)12-10-22)28(30)17-32(4,5)21-35-40-20-29(37)38/h6-16,21H,17-20H2,1-5H3,(H,37,38). The highest BCUT2D eigenvalue weighted by atomic mass is 35.5. The minimum Gasteiger partial charge on any atom is -0.487 e. The lowest BCUT2D eigenvalue weighted by molar-refractivity contribution is -0.142. The summed E-state index contributed by atoms with van der Waals surface area (Å²) in [6, 6.07) is 19.9. The molecule has 4 aromatic rings. The first-order chi connectivity index (χ1) is 19.4. The second kappa shape index (κ2) is 13.0. The average molecular weight is 594 g/mol. The predicted octanol–water partition coefficient (Wildman–Crippen LogP) is 7.86. The Bertz CT molecular complexity index is 1510. The van der Waals surface area contributed by atoms with Crippen LogP contribution in [-0.2, 0) is 29.2 Å². The molecule has 0 aliphatic rings. The van der Waals surface area contributed by atoms with E-state index >= 15 is 0 Å². The molecule has 0 spiro atoms. The molecule has 0 unspecified atom stereocenters. The number of benzene rings is 2. The van der Waals surface area contributed by atoms with E-state index in [0.29, 0.717) is 24.6 Å². The first kappa shape index (κ1) is 30.5. The summed E-state index contributed by atoms with van der Waals surface area (Å²) in [5, 5.41) is 14.7. The molecule has 0 saturated carbocycles. The van der Waals surface area contributed by atoms with Crippen LogP contribution in [0.5, 0.6) is 5.75 Å². The maximum Gasteiger partial charge on any atom is 0.344 e. The van der Waals surface area contributed by atoms with Gasteiger partial charge < -0.3 is 19.2 Å². The third kappa shape index (κ3) is 8.75. The zero-order valence-electron chi connectivity index (χ0n) is 24.1. The maximum absolute atomic E-state index is 10.9. The molecule has 0 aliphatic heterocycles. The number of aromatic nitrogens is 2. The van der Waals surface area contributed by atoms with E-state index in [1.54, 1.807) is 12.4 Å². The fourth-order valence-corrected chi connectivity index (χ4v) is 5.70. The highest BCUT2D eigenvalue weighted by Crippen LogP contribution is 2.44. The van der Waals surface area contributed by atoms with Gasteiger partial charge in [0, 0.05) is 55.6 Å². The van der Waals surface area contributed by atoms with Gasteiger partial charge in [0.1, 0.15) is 12.4 Å². The van der Waals surface area contributed by atoms with Gasteiger partial charge in [0.15, 0.2) is 0 Å². The highest BCUT2D eigenvalue weighted by Gasteiger charge is 2.28. The lowest BCUT2D eigenvalue weighted by Gasteiger charge is -2.24. The van der Waals surface area contributed by atoms with E-state index in [9.17, 15) is 4.79 Å². The van der Waals surface area contributed by atoms with Crippen LogP contribution in [0.15, 0.2) is 76.9 Å². The van der Waals surface area contributed by atoms with Crippen LogP contribution in [0.1, 0.15) is 51.6 Å². The Morgan fingerprint density at radius 2 is 1.85 bits per heavy atom. The van der Waals surface area contributed by atoms with Crippen LogP contribution in [0.4, 0.5) is 0 Å². The van der Waals surface area contributed by atoms with Gasteiger partial charge in [-0.3, -0.25) is 4.98 Å². The van der Waals surface area contributed by atoms with E-state index in [2.05, 4.69) is 61.5 Å². The first-order valence-corrected chi connectivity index (χ1v) is 14.6. The van der Waals surface area contributed by atoms with Crippen LogP contribution in [-0.4, -0.2) is 38.2 Å². The van der Waals surface area contributed by atoms with Crippen molar-refractivity contribution in [3.05, 3.63) is 88.8 Å². The van der Waals surface area contributed by atoms with E-state index in [1.165, 1.54) is 4.90 Å². The van der Waals surface area contributed by atoms with Gasteiger partial charge in [-0.1, -0.05) is 69.6 Å². The molecule has 216 valence electrons. The number of pyridine rings is 1. The van der Waals surface area contributed by atoms with Crippen molar-refractivity contribution in [2.75, 3.05) is 6.61 Å². The van der Waals surface area contributed by atoms with Gasteiger partial charge in [0.25, 0.3) is 0 Å². The van der Waals surface area contributed by atoms with E-state index in [-0.39, 0.29) is 4.75 Å². The summed E-state index contributed by atoms with van der Waals surface area (Å²) in [7, 11) is 0. The molecule has 0 atom stereocenters. The molecule has 9 heteroatoms. The Balaban J connectivity index is 1.80. The summed E-state index contributed by atoms with van der Waals surface area (Å²) in [5.41, 5.74) is 3.83. The Morgan fingerprint density at radius 3 is 2.51 bits per heavy atom. The zero-order chi connectivity index (χ0) is 29.6. The van der Waals surface area contributed by atoms with E-state index in [0.717, 1.165) is 33.6 Å². The van der Waals surface area contributed by atoms with Crippen molar-refractivity contribution in [2.45, 2.75) is 63.8 Å². The summed E-state index contributed by atoms with van der Waals surface area (Å²) >= 11 is 8.01. The minimum absolute atomic E-state index is 0.0538. The van der Waals surface area contributed by atoms with Gasteiger partial charge in [-0.25, -0.2) is 4.79 Å². The summed E-state index contributed by atoms with van der Waals surface area (Å²) in [4.78, 5) is 21.4. The SMILES string of the molecule is CC(C)(C=NOCC(=O)O)Cc1c(SC(C)(C)C)c2cc(OCc3ccccn3)ccc2n1Cc1ccc(Cl)cc1. The molecular weight excluding hydrogens is 558 g/mol. The van der Waals surface area contributed by atoms with Crippen LogP contribution in [0, 0.1) is 5.41 Å². The topological polar surface area (TPSA) is 85.9 Å². The lowest BCUT2D eigenvalue weighted by atomic mass is 9.89. The van der Waals surface area contributed by atoms with Gasteiger partial charge in [-0.2, -0.15) is 0 Å². The average Bonchev–Trinajstić information content (AvgIpc) is 3.16. The number of rotatable bonds is 12. The van der Waals surface area contributed by atoms with Crippen molar-refractivity contribution >= 4 is 46.4 Å². The maximum atomic E-state index is 10.9. The van der Waals surface area contributed by atoms with E-state index < -0.39 is 18.0 Å². The third-order valence-corrected chi connectivity index (χ3v) is 7.68. The van der Waals surface area contributed by atoms with Gasteiger partial charge in [-0.15, -0.1) is 11.8 Å². The van der Waals surface area contributed by atoms with Crippen molar-refractivity contribution < 1.29 is 19.5 Å². The number of aliphatic carboxylic acids is 1. The number of thioether (sulfide) groups is 1. The highest BCUT2D eigenvalue weighted by molar-refractivity contribution is 8.00. The number of carboxylic acid groups (broad SMARTS) is 1. The number of fused-ring (bicyclic) bond motifs is 1. The van der Waals surface area contributed by atoms with E-state index in [4.69, 9.17) is 26.3 Å². The molecule has 1 N–H and O–H groups in total. The number of carboxylic acids is 1. The van der Waals surface area contributed by atoms with Crippen molar-refractivity contribution in [3.63, 3.8) is 0 Å². The van der Waals surface area contributed by atoms with Crippen molar-refractivity contribution in [1.82, 2.24) is 9.55 Å². The molecule has 0 fully saturated rings. The second-order valence-corrected chi connectivity index (χ2v) is 13.8. The molecular formula is C32H36ClN3O4S. The molecule has 0 bridgehead atoms. The number of hydrogen-bond donors (Lipinski definition) is 1. The molecule has 0 radical (unpaired) electrons. The largest absolute Gasteiger partial charge is 0.487 e. The Kier molecular flexibility index (Phi) is 9.66. The van der Waals surface area contributed by atoms with Crippen molar-refractivity contribution in [1.29, 1.82) is 0 Å². The molecule has 0 aliphatic carbocycles. The van der Waals surface area contributed by atoms with Crippen LogP contribution in [0.3, 0.4) is 0 Å². The van der Waals surface area contributed by atoms with Gasteiger partial charge in [0.05, 0.1) is 5.69 Å².